The zero-order chi connectivity index (χ0) is 12.7. The highest BCUT2D eigenvalue weighted by molar-refractivity contribution is 5.75. The summed E-state index contributed by atoms with van der Waals surface area (Å²) in [6.45, 7) is 3.78. The Morgan fingerprint density at radius 1 is 1.41 bits per heavy atom. The molecule has 0 heterocycles. The van der Waals surface area contributed by atoms with E-state index in [-0.39, 0.29) is 18.6 Å². The van der Waals surface area contributed by atoms with E-state index >= 15 is 0 Å². The van der Waals surface area contributed by atoms with Gasteiger partial charge in [-0.1, -0.05) is 12.1 Å². The van der Waals surface area contributed by atoms with Crippen LogP contribution in [0, 0.1) is 11.3 Å². The van der Waals surface area contributed by atoms with Crippen LogP contribution >= 0.6 is 0 Å². The Balaban J connectivity index is 2.42. The number of nitriles is 1. The number of nitrogens with one attached hydrogen (secondary N) is 1. The van der Waals surface area contributed by atoms with Crippen molar-refractivity contribution in [3.8, 4) is 6.07 Å². The summed E-state index contributed by atoms with van der Waals surface area (Å²) in [6.07, 6.45) is 0.303. The van der Waals surface area contributed by atoms with Gasteiger partial charge in [-0.15, -0.1) is 0 Å². The Morgan fingerprint density at radius 3 is 2.59 bits per heavy atom. The largest absolute Gasteiger partial charge is 0.462 e. The van der Waals surface area contributed by atoms with Crippen LogP contribution in [-0.2, 0) is 16.0 Å². The Hall–Kier alpha value is -2.02. The van der Waals surface area contributed by atoms with Crippen molar-refractivity contribution in [2.75, 3.05) is 11.9 Å². The summed E-state index contributed by atoms with van der Waals surface area (Å²) in [7, 11) is 0. The standard InChI is InChI=1S/C13H16N2O2/c1-10(2)17-13(16)9-15-12-5-3-11(4-6-12)7-8-14/h3-6,10,15H,7,9H2,1-2H3. The number of hydrogen-bond acceptors (Lipinski definition) is 4. The second kappa shape index (κ2) is 6.54. The number of rotatable bonds is 5. The number of anilines is 1. The molecule has 0 aliphatic heterocycles. The van der Waals surface area contributed by atoms with Crippen LogP contribution in [0.3, 0.4) is 0 Å². The zero-order valence-electron chi connectivity index (χ0n) is 10.1. The van der Waals surface area contributed by atoms with E-state index in [0.29, 0.717) is 6.42 Å². The highest BCUT2D eigenvalue weighted by Crippen LogP contribution is 2.09. The zero-order valence-corrected chi connectivity index (χ0v) is 10.1. The minimum atomic E-state index is -0.277. The molecule has 1 aromatic rings. The third kappa shape index (κ3) is 5.03. The summed E-state index contributed by atoms with van der Waals surface area (Å²) in [5.41, 5.74) is 1.80. The van der Waals surface area contributed by atoms with Gasteiger partial charge in [0.15, 0.2) is 0 Å². The average Bonchev–Trinajstić information content (AvgIpc) is 2.28. The van der Waals surface area contributed by atoms with Crippen molar-refractivity contribution < 1.29 is 9.53 Å². The van der Waals surface area contributed by atoms with Crippen molar-refractivity contribution in [3.63, 3.8) is 0 Å². The van der Waals surface area contributed by atoms with Gasteiger partial charge < -0.3 is 10.1 Å². The first-order chi connectivity index (χ1) is 8.11. The Labute approximate surface area is 101 Å². The monoisotopic (exact) mass is 232 g/mol. The van der Waals surface area contributed by atoms with Gasteiger partial charge in [-0.05, 0) is 31.5 Å². The smallest absolute Gasteiger partial charge is 0.325 e. The number of esters is 1. The molecule has 4 nitrogen and oxygen atoms in total. The first kappa shape index (κ1) is 13.0. The molecule has 0 bridgehead atoms. The number of carbonyl (C=O) groups excluding carboxylic acids is 1. The first-order valence-corrected chi connectivity index (χ1v) is 5.51. The lowest BCUT2D eigenvalue weighted by Gasteiger charge is -2.09. The number of ether oxygens (including phenoxy) is 1. The predicted molar refractivity (Wildman–Crippen MR) is 65.5 cm³/mol. The molecule has 1 aromatic carbocycles. The van der Waals surface area contributed by atoms with Gasteiger partial charge in [-0.25, -0.2) is 0 Å². The minimum Gasteiger partial charge on any atom is -0.462 e. The summed E-state index contributed by atoms with van der Waals surface area (Å²) < 4.78 is 4.99. The molecule has 4 heteroatoms. The van der Waals surface area contributed by atoms with Crippen molar-refractivity contribution in [1.29, 1.82) is 5.26 Å². The van der Waals surface area contributed by atoms with E-state index in [1.54, 1.807) is 0 Å². The van der Waals surface area contributed by atoms with E-state index in [9.17, 15) is 4.79 Å². The molecule has 0 unspecified atom stereocenters. The number of benzene rings is 1. The van der Waals surface area contributed by atoms with E-state index < -0.39 is 0 Å². The normalized spacial score (nSPS) is 9.76. The maximum atomic E-state index is 11.3. The second-order valence-electron chi connectivity index (χ2n) is 3.92. The van der Waals surface area contributed by atoms with Crippen LogP contribution in [0.5, 0.6) is 0 Å². The summed E-state index contributed by atoms with van der Waals surface area (Å²) in [5.74, 6) is -0.277. The lowest BCUT2D eigenvalue weighted by Crippen LogP contribution is -2.20. The van der Waals surface area contributed by atoms with Crippen molar-refractivity contribution in [3.05, 3.63) is 29.8 Å². The molecule has 0 aromatic heterocycles. The molecule has 0 saturated carbocycles. The number of carbonyl (C=O) groups is 1. The van der Waals surface area contributed by atoms with Crippen molar-refractivity contribution in [2.24, 2.45) is 0 Å². The molecule has 17 heavy (non-hydrogen) atoms. The molecular weight excluding hydrogens is 216 g/mol. The van der Waals surface area contributed by atoms with E-state index in [4.69, 9.17) is 10.00 Å². The summed E-state index contributed by atoms with van der Waals surface area (Å²) in [5, 5.41) is 11.5. The second-order valence-corrected chi connectivity index (χ2v) is 3.92. The van der Waals surface area contributed by atoms with Gasteiger partial charge >= 0.3 is 5.97 Å². The van der Waals surface area contributed by atoms with Crippen LogP contribution in [-0.4, -0.2) is 18.6 Å². The molecule has 0 atom stereocenters. The summed E-state index contributed by atoms with van der Waals surface area (Å²) in [4.78, 5) is 11.3. The van der Waals surface area contributed by atoms with E-state index in [2.05, 4.69) is 11.4 Å². The minimum absolute atomic E-state index is 0.0951. The molecule has 0 spiro atoms. The van der Waals surface area contributed by atoms with Gasteiger partial charge in [-0.3, -0.25) is 4.79 Å². The van der Waals surface area contributed by atoms with Gasteiger partial charge in [0.2, 0.25) is 0 Å². The third-order valence-corrected chi connectivity index (χ3v) is 2.04. The fourth-order valence-electron chi connectivity index (χ4n) is 1.31. The molecule has 0 amide bonds. The van der Waals surface area contributed by atoms with E-state index in [1.807, 2.05) is 38.1 Å². The predicted octanol–water partition coefficient (Wildman–Crippen LogP) is 2.12. The highest BCUT2D eigenvalue weighted by atomic mass is 16.5. The van der Waals surface area contributed by atoms with E-state index in [1.165, 1.54) is 0 Å². The van der Waals surface area contributed by atoms with Gasteiger partial charge in [0.25, 0.3) is 0 Å². The molecule has 0 fully saturated rings. The maximum Gasteiger partial charge on any atom is 0.325 e. The fraction of sp³-hybridized carbons (Fsp3) is 0.385. The molecule has 1 N–H and O–H groups in total. The van der Waals surface area contributed by atoms with Gasteiger partial charge in [0.1, 0.15) is 6.54 Å². The fourth-order valence-corrected chi connectivity index (χ4v) is 1.31. The SMILES string of the molecule is CC(C)OC(=O)CNc1ccc(CC#N)cc1. The van der Waals surface area contributed by atoms with Crippen LogP contribution in [0.25, 0.3) is 0 Å². The molecular formula is C13H16N2O2. The van der Waals surface area contributed by atoms with Crippen molar-refractivity contribution in [2.45, 2.75) is 26.4 Å². The number of nitrogens with zero attached hydrogens (tertiary/aromatic N) is 1. The Kier molecular flexibility index (Phi) is 5.02. The average molecular weight is 232 g/mol. The summed E-state index contributed by atoms with van der Waals surface area (Å²) >= 11 is 0. The van der Waals surface area contributed by atoms with Gasteiger partial charge in [0.05, 0.1) is 18.6 Å². The molecule has 0 aliphatic rings. The third-order valence-electron chi connectivity index (χ3n) is 2.04. The number of hydrogen-bond donors (Lipinski definition) is 1. The van der Waals surface area contributed by atoms with Gasteiger partial charge in [0, 0.05) is 5.69 Å². The highest BCUT2D eigenvalue weighted by Gasteiger charge is 2.04. The molecule has 0 saturated heterocycles. The summed E-state index contributed by atoms with van der Waals surface area (Å²) in [6, 6.07) is 9.49. The molecule has 1 rings (SSSR count). The Bertz CT molecular complexity index is 404. The lowest BCUT2D eigenvalue weighted by molar-refractivity contribution is -0.145. The van der Waals surface area contributed by atoms with Crippen LogP contribution in [0.1, 0.15) is 19.4 Å². The topological polar surface area (TPSA) is 62.1 Å². The van der Waals surface area contributed by atoms with Crippen molar-refractivity contribution in [1.82, 2.24) is 0 Å². The quantitative estimate of drug-likeness (QED) is 0.790. The Morgan fingerprint density at radius 2 is 2.06 bits per heavy atom. The first-order valence-electron chi connectivity index (χ1n) is 5.51. The van der Waals surface area contributed by atoms with Crippen molar-refractivity contribution >= 4 is 11.7 Å². The molecule has 0 radical (unpaired) electrons. The van der Waals surface area contributed by atoms with Crippen LogP contribution in [0.2, 0.25) is 0 Å². The molecule has 90 valence electrons. The molecule has 0 aliphatic carbocycles. The lowest BCUT2D eigenvalue weighted by atomic mass is 10.1. The van der Waals surface area contributed by atoms with E-state index in [0.717, 1.165) is 11.3 Å². The van der Waals surface area contributed by atoms with Gasteiger partial charge in [-0.2, -0.15) is 5.26 Å². The van der Waals surface area contributed by atoms with Crippen LogP contribution in [0.15, 0.2) is 24.3 Å². The maximum absolute atomic E-state index is 11.3. The van der Waals surface area contributed by atoms with Crippen LogP contribution in [0.4, 0.5) is 5.69 Å². The van der Waals surface area contributed by atoms with Crippen LogP contribution < -0.4 is 5.32 Å².